The van der Waals surface area contributed by atoms with Crippen molar-refractivity contribution in [1.29, 1.82) is 0 Å². The molecule has 8 heteroatoms. The van der Waals surface area contributed by atoms with Crippen LogP contribution in [0.3, 0.4) is 0 Å². The molecule has 0 bridgehead atoms. The average Bonchev–Trinajstić information content (AvgIpc) is 2.87. The molecule has 4 amide bonds. The lowest BCUT2D eigenvalue weighted by atomic mass is 9.87. The van der Waals surface area contributed by atoms with E-state index in [1.807, 2.05) is 0 Å². The number of rotatable bonds is 1. The Morgan fingerprint density at radius 2 is 1.80 bits per heavy atom. The van der Waals surface area contributed by atoms with Crippen LogP contribution in [0.25, 0.3) is 10.9 Å². The number of H-pyrrole nitrogens is 1. The van der Waals surface area contributed by atoms with Gasteiger partial charge in [0.1, 0.15) is 5.54 Å². The molecule has 2 aliphatic heterocycles. The summed E-state index contributed by atoms with van der Waals surface area (Å²) >= 11 is 0. The maximum atomic E-state index is 12.9. The fourth-order valence-electron chi connectivity index (χ4n) is 3.52. The minimum atomic E-state index is -0.926. The number of nitrogens with zero attached hydrogens (tertiary/aromatic N) is 1. The van der Waals surface area contributed by atoms with Crippen molar-refractivity contribution in [3.05, 3.63) is 46.2 Å². The van der Waals surface area contributed by atoms with E-state index < -0.39 is 11.6 Å². The van der Waals surface area contributed by atoms with Crippen LogP contribution in [0.5, 0.6) is 0 Å². The second kappa shape index (κ2) is 5.44. The first kappa shape index (κ1) is 15.4. The molecule has 4 rings (SSSR count). The largest absolute Gasteiger partial charge is 0.338 e. The van der Waals surface area contributed by atoms with Crippen LogP contribution in [0.15, 0.2) is 35.1 Å². The molecule has 1 spiro atoms. The predicted octanol–water partition coefficient (Wildman–Crippen LogP) is 0.342. The van der Waals surface area contributed by atoms with Gasteiger partial charge in [0.2, 0.25) is 5.56 Å². The Bertz CT molecular complexity index is 957. The van der Waals surface area contributed by atoms with Crippen molar-refractivity contribution >= 4 is 28.7 Å². The van der Waals surface area contributed by atoms with E-state index in [-0.39, 0.29) is 17.4 Å². The number of nitrogens with one attached hydrogen (secondary N) is 3. The molecule has 0 atom stereocenters. The molecule has 2 saturated heterocycles. The molecule has 1 aromatic carbocycles. The van der Waals surface area contributed by atoms with Gasteiger partial charge in [0.25, 0.3) is 11.8 Å². The second-order valence-electron chi connectivity index (χ2n) is 6.38. The zero-order chi connectivity index (χ0) is 17.6. The Balaban J connectivity index is 1.60. The van der Waals surface area contributed by atoms with Crippen molar-refractivity contribution in [2.24, 2.45) is 0 Å². The smallest absolute Gasteiger partial charge is 0.322 e. The van der Waals surface area contributed by atoms with Gasteiger partial charge in [-0.1, -0.05) is 18.2 Å². The fourth-order valence-corrected chi connectivity index (χ4v) is 3.52. The number of hydrogen-bond donors (Lipinski definition) is 3. The molecule has 3 N–H and O–H groups in total. The van der Waals surface area contributed by atoms with Gasteiger partial charge in [0.05, 0.1) is 5.56 Å². The van der Waals surface area contributed by atoms with Gasteiger partial charge in [0, 0.05) is 30.1 Å². The van der Waals surface area contributed by atoms with Gasteiger partial charge in [0.15, 0.2) is 0 Å². The first-order chi connectivity index (χ1) is 12.0. The number of amides is 4. The summed E-state index contributed by atoms with van der Waals surface area (Å²) in [5.74, 6) is -0.590. The molecule has 0 aliphatic carbocycles. The predicted molar refractivity (Wildman–Crippen MR) is 89.1 cm³/mol. The van der Waals surface area contributed by atoms with E-state index >= 15 is 0 Å². The highest BCUT2D eigenvalue weighted by molar-refractivity contribution is 6.08. The number of carbonyl (C=O) groups is 3. The van der Waals surface area contributed by atoms with Gasteiger partial charge in [-0.25, -0.2) is 4.79 Å². The van der Waals surface area contributed by atoms with Gasteiger partial charge in [-0.2, -0.15) is 0 Å². The molecule has 1 aromatic heterocycles. The normalized spacial score (nSPS) is 19.1. The van der Waals surface area contributed by atoms with Crippen molar-refractivity contribution < 1.29 is 14.4 Å². The Morgan fingerprint density at radius 1 is 1.08 bits per heavy atom. The summed E-state index contributed by atoms with van der Waals surface area (Å²) in [4.78, 5) is 52.4. The molecule has 3 heterocycles. The highest BCUT2D eigenvalue weighted by atomic mass is 16.2. The van der Waals surface area contributed by atoms with E-state index in [9.17, 15) is 19.2 Å². The van der Waals surface area contributed by atoms with Crippen LogP contribution in [-0.2, 0) is 4.79 Å². The van der Waals surface area contributed by atoms with E-state index in [1.165, 1.54) is 6.07 Å². The molecule has 2 aliphatic rings. The van der Waals surface area contributed by atoms with E-state index in [0.717, 1.165) is 0 Å². The highest BCUT2D eigenvalue weighted by Gasteiger charge is 2.48. The summed E-state index contributed by atoms with van der Waals surface area (Å²) in [6.07, 6.45) is 0.689. The molecule has 25 heavy (non-hydrogen) atoms. The van der Waals surface area contributed by atoms with Crippen LogP contribution >= 0.6 is 0 Å². The number of imide groups is 1. The first-order valence-corrected chi connectivity index (χ1v) is 8.03. The standard InChI is InChI=1S/C17H16N4O4/c22-13-9-11(10-3-1-2-4-12(10)18-13)14(23)21-7-5-17(6-8-21)15(24)19-16(25)20-17/h1-4,9H,5-8H2,(H,18,22)(H2,19,20,24,25). The maximum absolute atomic E-state index is 12.9. The highest BCUT2D eigenvalue weighted by Crippen LogP contribution is 2.27. The number of fused-ring (bicyclic) bond motifs is 1. The summed E-state index contributed by atoms with van der Waals surface area (Å²) in [6, 6.07) is 7.94. The maximum Gasteiger partial charge on any atom is 0.322 e. The van der Waals surface area contributed by atoms with Crippen LogP contribution < -0.4 is 16.2 Å². The fraction of sp³-hybridized carbons (Fsp3) is 0.294. The number of likely N-dealkylation sites (tertiary alicyclic amines) is 1. The minimum absolute atomic E-state index is 0.248. The van der Waals surface area contributed by atoms with Crippen molar-refractivity contribution in [2.45, 2.75) is 18.4 Å². The third-order valence-electron chi connectivity index (χ3n) is 4.90. The zero-order valence-electron chi connectivity index (χ0n) is 13.3. The molecule has 2 fully saturated rings. The first-order valence-electron chi connectivity index (χ1n) is 8.03. The Hall–Kier alpha value is -3.16. The van der Waals surface area contributed by atoms with E-state index in [1.54, 1.807) is 29.2 Å². The van der Waals surface area contributed by atoms with Crippen molar-refractivity contribution in [3.8, 4) is 0 Å². The zero-order valence-corrected chi connectivity index (χ0v) is 13.3. The summed E-state index contributed by atoms with van der Waals surface area (Å²) in [6.45, 7) is 0.654. The number of urea groups is 1. The second-order valence-corrected chi connectivity index (χ2v) is 6.38. The van der Waals surface area contributed by atoms with E-state index in [2.05, 4.69) is 15.6 Å². The Labute approximate surface area is 142 Å². The van der Waals surface area contributed by atoms with Crippen LogP contribution in [0.2, 0.25) is 0 Å². The average molecular weight is 340 g/mol. The molecule has 128 valence electrons. The molecular formula is C17H16N4O4. The lowest BCUT2D eigenvalue weighted by molar-refractivity contribution is -0.125. The number of para-hydroxylation sites is 1. The number of pyridine rings is 1. The van der Waals surface area contributed by atoms with Gasteiger partial charge in [-0.05, 0) is 18.9 Å². The SMILES string of the molecule is O=C1NC(=O)C2(CCN(C(=O)c3cc(=O)[nH]c4ccccc34)CC2)N1. The number of carbonyl (C=O) groups excluding carboxylic acids is 3. The number of benzene rings is 1. The third-order valence-corrected chi connectivity index (χ3v) is 4.90. The molecule has 2 aromatic rings. The lowest BCUT2D eigenvalue weighted by Gasteiger charge is -2.37. The van der Waals surface area contributed by atoms with Gasteiger partial charge >= 0.3 is 6.03 Å². The molecule has 8 nitrogen and oxygen atoms in total. The quantitative estimate of drug-likeness (QED) is 0.650. The molecule has 0 unspecified atom stereocenters. The third kappa shape index (κ3) is 2.46. The van der Waals surface area contributed by atoms with Crippen molar-refractivity contribution in [2.75, 3.05) is 13.1 Å². The van der Waals surface area contributed by atoms with E-state index in [0.29, 0.717) is 42.4 Å². The number of piperidine rings is 1. The number of hydrogen-bond acceptors (Lipinski definition) is 4. The van der Waals surface area contributed by atoms with Crippen LogP contribution in [-0.4, -0.2) is 46.4 Å². The molecule has 0 saturated carbocycles. The van der Waals surface area contributed by atoms with Crippen molar-refractivity contribution in [3.63, 3.8) is 0 Å². The number of aromatic nitrogens is 1. The lowest BCUT2D eigenvalue weighted by Crippen LogP contribution is -2.55. The molecule has 0 radical (unpaired) electrons. The Kier molecular flexibility index (Phi) is 3.34. The monoisotopic (exact) mass is 340 g/mol. The van der Waals surface area contributed by atoms with Gasteiger partial charge in [-0.3, -0.25) is 19.7 Å². The topological polar surface area (TPSA) is 111 Å². The van der Waals surface area contributed by atoms with Crippen molar-refractivity contribution in [1.82, 2.24) is 20.5 Å². The summed E-state index contributed by atoms with van der Waals surface area (Å²) in [5, 5.41) is 5.59. The molecular weight excluding hydrogens is 324 g/mol. The van der Waals surface area contributed by atoms with Gasteiger partial charge < -0.3 is 15.2 Å². The summed E-state index contributed by atoms with van der Waals surface area (Å²) in [5.41, 5.74) is -0.313. The minimum Gasteiger partial charge on any atom is -0.338 e. The van der Waals surface area contributed by atoms with Gasteiger partial charge in [-0.15, -0.1) is 0 Å². The van der Waals surface area contributed by atoms with Crippen LogP contribution in [0, 0.1) is 0 Å². The van der Waals surface area contributed by atoms with Crippen LogP contribution in [0.1, 0.15) is 23.2 Å². The summed E-state index contributed by atoms with van der Waals surface area (Å²) < 4.78 is 0. The van der Waals surface area contributed by atoms with E-state index in [4.69, 9.17) is 0 Å². The Morgan fingerprint density at radius 3 is 2.48 bits per heavy atom. The van der Waals surface area contributed by atoms with Crippen LogP contribution in [0.4, 0.5) is 4.79 Å². The number of aromatic amines is 1. The summed E-state index contributed by atoms with van der Waals surface area (Å²) in [7, 11) is 0.